The molecule has 1 aromatic carbocycles. The molecule has 0 amide bonds. The number of benzene rings is 1. The first-order valence-corrected chi connectivity index (χ1v) is 14.7. The van der Waals surface area contributed by atoms with Crippen LogP contribution >= 0.6 is 0 Å². The topological polar surface area (TPSA) is 80.4 Å². The summed E-state index contributed by atoms with van der Waals surface area (Å²) in [5.74, 6) is 3.42. The van der Waals surface area contributed by atoms with Gasteiger partial charge in [0.05, 0.1) is 30.8 Å². The molecule has 7 rings (SSSR count). The first-order valence-electron chi connectivity index (χ1n) is 14.7. The molecule has 3 saturated heterocycles. The van der Waals surface area contributed by atoms with Crippen LogP contribution in [0, 0.1) is 0 Å². The van der Waals surface area contributed by atoms with E-state index in [-0.39, 0.29) is 0 Å². The molecule has 3 fully saturated rings. The summed E-state index contributed by atoms with van der Waals surface area (Å²) >= 11 is 0. The second kappa shape index (κ2) is 10.7. The van der Waals surface area contributed by atoms with E-state index in [0.29, 0.717) is 38.2 Å². The molecule has 0 bridgehead atoms. The van der Waals surface area contributed by atoms with Crippen molar-refractivity contribution < 1.29 is 9.13 Å². The quantitative estimate of drug-likeness (QED) is 0.364. The van der Waals surface area contributed by atoms with Crippen molar-refractivity contribution in [2.45, 2.75) is 51.4 Å². The van der Waals surface area contributed by atoms with Crippen molar-refractivity contribution in [3.63, 3.8) is 0 Å². The van der Waals surface area contributed by atoms with Crippen molar-refractivity contribution >= 4 is 28.0 Å². The number of hydrogen-bond acceptors (Lipinski definition) is 8. The number of morpholine rings is 1. The molecule has 10 nitrogen and oxygen atoms in total. The van der Waals surface area contributed by atoms with E-state index in [9.17, 15) is 4.39 Å². The van der Waals surface area contributed by atoms with Gasteiger partial charge >= 0.3 is 0 Å². The number of likely N-dealkylation sites (tertiary alicyclic amines) is 2. The van der Waals surface area contributed by atoms with Crippen LogP contribution in [0.25, 0.3) is 28.1 Å². The number of alkyl halides is 1. The summed E-state index contributed by atoms with van der Waals surface area (Å²) in [6.07, 6.45) is 2.96. The molecule has 212 valence electrons. The number of aryl methyl sites for hydroxylation is 2. The summed E-state index contributed by atoms with van der Waals surface area (Å²) in [5.41, 5.74) is 3.63. The summed E-state index contributed by atoms with van der Waals surface area (Å²) in [5, 5.41) is 0. The predicted octanol–water partition coefficient (Wildman–Crippen LogP) is 3.11. The van der Waals surface area contributed by atoms with Crippen LogP contribution < -0.4 is 4.90 Å². The Morgan fingerprint density at radius 1 is 0.925 bits per heavy atom. The average molecular weight is 548 g/mol. The van der Waals surface area contributed by atoms with Crippen LogP contribution in [0.4, 0.5) is 10.2 Å². The number of rotatable bonds is 6. The standard InChI is InChI=1S/C29H38FN9O/c1-3-24-31-22-6-4-5-7-23(22)39(24)29-33-27-26(28(34-29)37-14-16-40-17-15-37)32-25(35(27)2)19-36-11-9-21(10-12-36)38-13-8-20(30)18-38/h4-7,20-21H,3,8-19H2,1-2H3. The fraction of sp³-hybridized carbons (Fsp3) is 0.586. The first-order chi connectivity index (χ1) is 19.6. The highest BCUT2D eigenvalue weighted by molar-refractivity contribution is 5.86. The Bertz CT molecular complexity index is 1500. The van der Waals surface area contributed by atoms with Gasteiger partial charge in [0.15, 0.2) is 17.0 Å². The summed E-state index contributed by atoms with van der Waals surface area (Å²) in [6.45, 7) is 9.25. The molecule has 0 radical (unpaired) electrons. The van der Waals surface area contributed by atoms with Crippen LogP contribution in [0.1, 0.15) is 37.8 Å². The molecular weight excluding hydrogens is 509 g/mol. The highest BCUT2D eigenvalue weighted by Gasteiger charge is 2.31. The lowest BCUT2D eigenvalue weighted by molar-refractivity contribution is 0.115. The molecule has 11 heteroatoms. The van der Waals surface area contributed by atoms with E-state index in [1.165, 1.54) is 0 Å². The zero-order valence-electron chi connectivity index (χ0n) is 23.5. The Balaban J connectivity index is 1.23. The minimum absolute atomic E-state index is 0.497. The van der Waals surface area contributed by atoms with Crippen LogP contribution in [-0.4, -0.2) is 104 Å². The monoisotopic (exact) mass is 547 g/mol. The molecule has 3 aliphatic rings. The fourth-order valence-electron chi connectivity index (χ4n) is 6.57. The molecule has 4 aromatic rings. The highest BCUT2D eigenvalue weighted by atomic mass is 19.1. The number of halogens is 1. The Kier molecular flexibility index (Phi) is 6.89. The number of para-hydroxylation sites is 2. The maximum atomic E-state index is 13.8. The van der Waals surface area contributed by atoms with E-state index in [1.54, 1.807) is 0 Å². The number of aromatic nitrogens is 6. The van der Waals surface area contributed by atoms with Gasteiger partial charge in [-0.3, -0.25) is 14.4 Å². The van der Waals surface area contributed by atoms with Gasteiger partial charge in [-0.25, -0.2) is 14.4 Å². The van der Waals surface area contributed by atoms with Crippen LogP contribution in [-0.2, 0) is 24.8 Å². The second-order valence-electron chi connectivity index (χ2n) is 11.3. The summed E-state index contributed by atoms with van der Waals surface area (Å²) in [6, 6.07) is 8.67. The largest absolute Gasteiger partial charge is 0.378 e. The highest BCUT2D eigenvalue weighted by Crippen LogP contribution is 2.29. The Hall–Kier alpha value is -3.15. The smallest absolute Gasteiger partial charge is 0.239 e. The SMILES string of the molecule is CCc1nc2ccccc2n1-c1nc(N2CCOCC2)c2nc(CN3CCC(N4CCC(F)C4)CC3)n(C)c2n1. The minimum Gasteiger partial charge on any atom is -0.378 e. The predicted molar refractivity (Wildman–Crippen MR) is 153 cm³/mol. The summed E-state index contributed by atoms with van der Waals surface area (Å²) < 4.78 is 23.6. The van der Waals surface area contributed by atoms with Crippen molar-refractivity contribution in [1.82, 2.24) is 38.9 Å². The van der Waals surface area contributed by atoms with Crippen molar-refractivity contribution in [1.29, 1.82) is 0 Å². The zero-order valence-corrected chi connectivity index (χ0v) is 23.5. The molecule has 1 atom stereocenters. The lowest BCUT2D eigenvalue weighted by Crippen LogP contribution is -2.44. The van der Waals surface area contributed by atoms with Gasteiger partial charge in [-0.05, 0) is 31.4 Å². The van der Waals surface area contributed by atoms with E-state index in [2.05, 4.69) is 43.9 Å². The lowest BCUT2D eigenvalue weighted by Gasteiger charge is -2.36. The normalized spacial score (nSPS) is 21.8. The fourth-order valence-corrected chi connectivity index (χ4v) is 6.57. The molecular formula is C29H38FN9O. The molecule has 3 aromatic heterocycles. The van der Waals surface area contributed by atoms with Gasteiger partial charge in [0.1, 0.15) is 17.8 Å². The second-order valence-corrected chi connectivity index (χ2v) is 11.3. The summed E-state index contributed by atoms with van der Waals surface area (Å²) in [7, 11) is 2.07. The molecule has 3 aliphatic heterocycles. The van der Waals surface area contributed by atoms with Gasteiger partial charge in [0, 0.05) is 58.8 Å². The lowest BCUT2D eigenvalue weighted by atomic mass is 10.0. The van der Waals surface area contributed by atoms with Gasteiger partial charge in [-0.15, -0.1) is 0 Å². The van der Waals surface area contributed by atoms with E-state index in [1.807, 2.05) is 18.2 Å². The van der Waals surface area contributed by atoms with Crippen molar-refractivity contribution in [3.8, 4) is 5.95 Å². The van der Waals surface area contributed by atoms with Gasteiger partial charge in [0.25, 0.3) is 0 Å². The molecule has 0 N–H and O–H groups in total. The van der Waals surface area contributed by atoms with Crippen molar-refractivity contribution in [3.05, 3.63) is 35.9 Å². The number of piperidine rings is 1. The molecule has 0 aliphatic carbocycles. The Labute approximate surface area is 233 Å². The Morgan fingerprint density at radius 3 is 2.48 bits per heavy atom. The van der Waals surface area contributed by atoms with Gasteiger partial charge < -0.3 is 14.2 Å². The number of nitrogens with zero attached hydrogens (tertiary/aromatic N) is 9. The molecule has 0 saturated carbocycles. The number of ether oxygens (including phenoxy) is 1. The maximum absolute atomic E-state index is 13.8. The van der Waals surface area contributed by atoms with E-state index in [0.717, 1.165) is 98.2 Å². The third-order valence-electron chi connectivity index (χ3n) is 8.84. The average Bonchev–Trinajstić information content (AvgIpc) is 3.68. The minimum atomic E-state index is -0.654. The van der Waals surface area contributed by atoms with Crippen molar-refractivity contribution in [2.24, 2.45) is 7.05 Å². The number of hydrogen-bond donors (Lipinski definition) is 0. The first kappa shape index (κ1) is 25.8. The maximum Gasteiger partial charge on any atom is 0.239 e. The third kappa shape index (κ3) is 4.63. The van der Waals surface area contributed by atoms with Crippen LogP contribution in [0.2, 0.25) is 0 Å². The van der Waals surface area contributed by atoms with Gasteiger partial charge in [0.2, 0.25) is 5.95 Å². The number of imidazole rings is 2. The zero-order chi connectivity index (χ0) is 27.2. The van der Waals surface area contributed by atoms with E-state index in [4.69, 9.17) is 24.7 Å². The van der Waals surface area contributed by atoms with Crippen LogP contribution in [0.5, 0.6) is 0 Å². The number of anilines is 1. The van der Waals surface area contributed by atoms with Crippen molar-refractivity contribution in [2.75, 3.05) is 57.4 Å². The molecule has 40 heavy (non-hydrogen) atoms. The summed E-state index contributed by atoms with van der Waals surface area (Å²) in [4.78, 5) is 27.4. The molecule has 6 heterocycles. The Morgan fingerprint density at radius 2 is 1.73 bits per heavy atom. The molecule has 0 spiro atoms. The van der Waals surface area contributed by atoms with Crippen LogP contribution in [0.3, 0.4) is 0 Å². The molecule has 1 unspecified atom stereocenters. The van der Waals surface area contributed by atoms with Crippen LogP contribution in [0.15, 0.2) is 24.3 Å². The van der Waals surface area contributed by atoms with E-state index >= 15 is 0 Å². The number of fused-ring (bicyclic) bond motifs is 2. The third-order valence-corrected chi connectivity index (χ3v) is 8.84. The van der Waals surface area contributed by atoms with Gasteiger partial charge in [-0.2, -0.15) is 9.97 Å². The van der Waals surface area contributed by atoms with Gasteiger partial charge in [-0.1, -0.05) is 19.1 Å². The van der Waals surface area contributed by atoms with E-state index < -0.39 is 6.17 Å².